The van der Waals surface area contributed by atoms with Gasteiger partial charge in [-0.1, -0.05) is 78.9 Å². The number of likely N-dealkylation sites (tertiary alicyclic amines) is 1. The van der Waals surface area contributed by atoms with Crippen molar-refractivity contribution in [3.63, 3.8) is 0 Å². The lowest BCUT2D eigenvalue weighted by molar-refractivity contribution is -0.172. The summed E-state index contributed by atoms with van der Waals surface area (Å²) in [4.78, 5) is 28.7. The van der Waals surface area contributed by atoms with Gasteiger partial charge in [-0.15, -0.1) is 0 Å². The van der Waals surface area contributed by atoms with Crippen LogP contribution in [0.4, 0.5) is 0 Å². The third-order valence-corrected chi connectivity index (χ3v) is 11.2. The largest absolute Gasteiger partial charge is 0.496 e. The number of hydrogen-bond donors (Lipinski definition) is 3. The number of nitrogens with one attached hydrogen (secondary N) is 1. The number of nitrogens with zero attached hydrogens (tertiary/aromatic N) is 1. The molecule has 2 aliphatic heterocycles. The second-order valence-corrected chi connectivity index (χ2v) is 13.2. The van der Waals surface area contributed by atoms with Crippen molar-refractivity contribution in [3.8, 4) is 5.75 Å². The Kier molecular flexibility index (Phi) is 10.2. The first-order chi connectivity index (χ1) is 22.1. The van der Waals surface area contributed by atoms with Crippen LogP contribution in [0.3, 0.4) is 0 Å². The molecule has 0 bridgehead atoms. The lowest BCUT2D eigenvalue weighted by Crippen LogP contribution is -2.69. The van der Waals surface area contributed by atoms with Crippen LogP contribution in [0.2, 0.25) is 0 Å². The van der Waals surface area contributed by atoms with Gasteiger partial charge in [0, 0.05) is 36.6 Å². The molecule has 2 fully saturated rings. The van der Waals surface area contributed by atoms with E-state index in [0.717, 1.165) is 32.5 Å². The summed E-state index contributed by atoms with van der Waals surface area (Å²) in [5.41, 5.74) is 0.379. The highest BCUT2D eigenvalue weighted by molar-refractivity contribution is 5.84. The standard InChI is InChI=1S/C38H48N2O6/c1-27-36(3,34(41)42)33(31-17-11-12-18-32(31)45-4)38(35(43)44,28(2)39-27)21-25-46-26-24-40-22-19-37(20-23-40,29-13-7-5-8-14-29)30-15-9-6-10-16-30/h5-18,27-28,33,39H,19-26H2,1-4H3,(H,41,42)(H,43,44)/t27?,28?,33-,36?,38?/m1/s1. The highest BCUT2D eigenvalue weighted by Crippen LogP contribution is 2.58. The van der Waals surface area contributed by atoms with Gasteiger partial charge >= 0.3 is 11.9 Å². The molecule has 0 saturated carbocycles. The predicted octanol–water partition coefficient (Wildman–Crippen LogP) is 5.81. The number of rotatable bonds is 12. The molecule has 2 saturated heterocycles. The molecular weight excluding hydrogens is 580 g/mol. The Labute approximate surface area is 272 Å². The van der Waals surface area contributed by atoms with E-state index in [-0.39, 0.29) is 18.4 Å². The van der Waals surface area contributed by atoms with Crippen LogP contribution in [0.1, 0.15) is 62.6 Å². The maximum Gasteiger partial charge on any atom is 0.311 e. The van der Waals surface area contributed by atoms with E-state index in [1.165, 1.54) is 18.2 Å². The molecular formula is C38H48N2O6. The van der Waals surface area contributed by atoms with E-state index in [4.69, 9.17) is 9.47 Å². The fourth-order valence-corrected chi connectivity index (χ4v) is 8.28. The van der Waals surface area contributed by atoms with Crippen molar-refractivity contribution in [1.29, 1.82) is 0 Å². The van der Waals surface area contributed by atoms with Crippen molar-refractivity contribution in [1.82, 2.24) is 10.2 Å². The van der Waals surface area contributed by atoms with Gasteiger partial charge in [0.05, 0.1) is 24.5 Å². The molecule has 8 heteroatoms. The Morgan fingerprint density at radius 3 is 1.93 bits per heavy atom. The zero-order valence-electron chi connectivity index (χ0n) is 27.4. The van der Waals surface area contributed by atoms with Gasteiger partial charge in [-0.2, -0.15) is 0 Å². The van der Waals surface area contributed by atoms with Crippen molar-refractivity contribution in [3.05, 3.63) is 102 Å². The summed E-state index contributed by atoms with van der Waals surface area (Å²) in [6.45, 7) is 8.57. The van der Waals surface area contributed by atoms with E-state index in [1.807, 2.05) is 26.0 Å². The number of para-hydroxylation sites is 1. The van der Waals surface area contributed by atoms with Gasteiger partial charge in [-0.05, 0) is 75.9 Å². The monoisotopic (exact) mass is 628 g/mol. The maximum atomic E-state index is 13.4. The van der Waals surface area contributed by atoms with Gasteiger partial charge in [0.15, 0.2) is 0 Å². The molecule has 4 unspecified atom stereocenters. The first-order valence-corrected chi connectivity index (χ1v) is 16.4. The summed E-state index contributed by atoms with van der Waals surface area (Å²) in [7, 11) is 1.53. The minimum absolute atomic E-state index is 0.0285. The summed E-state index contributed by atoms with van der Waals surface area (Å²) < 4.78 is 11.8. The van der Waals surface area contributed by atoms with E-state index in [2.05, 4.69) is 70.9 Å². The molecule has 3 aromatic rings. The average Bonchev–Trinajstić information content (AvgIpc) is 3.07. The Hall–Kier alpha value is -3.72. The van der Waals surface area contributed by atoms with Crippen molar-refractivity contribution < 1.29 is 29.3 Å². The smallest absolute Gasteiger partial charge is 0.311 e. The van der Waals surface area contributed by atoms with Crippen LogP contribution in [0.15, 0.2) is 84.9 Å². The van der Waals surface area contributed by atoms with Crippen LogP contribution in [0.25, 0.3) is 0 Å². The van der Waals surface area contributed by atoms with E-state index in [0.29, 0.717) is 17.9 Å². The molecule has 0 amide bonds. The molecule has 0 aliphatic carbocycles. The van der Waals surface area contributed by atoms with Gasteiger partial charge in [0.2, 0.25) is 0 Å². The second-order valence-electron chi connectivity index (χ2n) is 13.2. The average molecular weight is 629 g/mol. The number of carboxylic acid groups (broad SMARTS) is 2. The SMILES string of the molecule is COc1ccccc1[C@@H]1C(C)(C(=O)O)C(C)NC(C)C1(CCOCCN1CCC(c2ccccc2)(c2ccccc2)CC1)C(=O)O. The fraction of sp³-hybridized carbons (Fsp3) is 0.474. The predicted molar refractivity (Wildman–Crippen MR) is 178 cm³/mol. The van der Waals surface area contributed by atoms with Gasteiger partial charge in [-0.25, -0.2) is 0 Å². The highest BCUT2D eigenvalue weighted by Gasteiger charge is 2.65. The molecule has 0 spiro atoms. The maximum absolute atomic E-state index is 13.4. The number of aliphatic carboxylic acids is 2. The molecule has 3 aromatic carbocycles. The zero-order valence-corrected chi connectivity index (χ0v) is 27.4. The normalized spacial score (nSPS) is 28.0. The van der Waals surface area contributed by atoms with Gasteiger partial charge in [0.25, 0.3) is 0 Å². The van der Waals surface area contributed by atoms with Crippen LogP contribution >= 0.6 is 0 Å². The molecule has 0 aromatic heterocycles. The van der Waals surface area contributed by atoms with Crippen LogP contribution in [-0.2, 0) is 19.7 Å². The van der Waals surface area contributed by atoms with E-state index in [9.17, 15) is 19.8 Å². The Bertz CT molecular complexity index is 1430. The number of carboxylic acids is 2. The van der Waals surface area contributed by atoms with Gasteiger partial charge < -0.3 is 29.9 Å². The van der Waals surface area contributed by atoms with Crippen molar-refractivity contribution in [2.24, 2.45) is 10.8 Å². The summed E-state index contributed by atoms with van der Waals surface area (Å²) in [5.74, 6) is -2.47. The molecule has 0 radical (unpaired) electrons. The van der Waals surface area contributed by atoms with E-state index < -0.39 is 40.8 Å². The Morgan fingerprint density at radius 1 is 0.826 bits per heavy atom. The first kappa shape index (κ1) is 33.6. The quantitative estimate of drug-likeness (QED) is 0.216. The lowest BCUT2D eigenvalue weighted by Gasteiger charge is -2.56. The molecule has 246 valence electrons. The summed E-state index contributed by atoms with van der Waals surface area (Å²) >= 11 is 0. The number of benzene rings is 3. The Balaban J connectivity index is 1.29. The third kappa shape index (κ3) is 5.94. The van der Waals surface area contributed by atoms with Crippen LogP contribution in [0, 0.1) is 10.8 Å². The third-order valence-electron chi connectivity index (χ3n) is 11.2. The molecule has 3 N–H and O–H groups in total. The van der Waals surface area contributed by atoms with Gasteiger partial charge in [-0.3, -0.25) is 9.59 Å². The van der Waals surface area contributed by atoms with Crippen molar-refractivity contribution in [2.45, 2.75) is 63.5 Å². The number of carbonyl (C=O) groups is 2. The second kappa shape index (κ2) is 14.0. The first-order valence-electron chi connectivity index (χ1n) is 16.4. The fourth-order valence-electron chi connectivity index (χ4n) is 8.28. The topological polar surface area (TPSA) is 108 Å². The minimum Gasteiger partial charge on any atom is -0.496 e. The number of ether oxygens (including phenoxy) is 2. The van der Waals surface area contributed by atoms with Crippen LogP contribution in [0.5, 0.6) is 5.75 Å². The summed E-state index contributed by atoms with van der Waals surface area (Å²) in [6.07, 6.45) is 2.15. The highest BCUT2D eigenvalue weighted by atomic mass is 16.5. The summed E-state index contributed by atoms with van der Waals surface area (Å²) in [5, 5.41) is 24.8. The summed E-state index contributed by atoms with van der Waals surface area (Å²) in [6, 6.07) is 27.7. The molecule has 8 nitrogen and oxygen atoms in total. The molecule has 5 atom stereocenters. The van der Waals surface area contributed by atoms with Crippen LogP contribution < -0.4 is 10.1 Å². The number of hydrogen-bond acceptors (Lipinski definition) is 6. The van der Waals surface area contributed by atoms with Crippen molar-refractivity contribution >= 4 is 11.9 Å². The van der Waals surface area contributed by atoms with E-state index in [1.54, 1.807) is 19.1 Å². The molecule has 5 rings (SSSR count). The molecule has 2 aliphatic rings. The molecule has 46 heavy (non-hydrogen) atoms. The Morgan fingerprint density at radius 2 is 1.39 bits per heavy atom. The molecule has 2 heterocycles. The van der Waals surface area contributed by atoms with Crippen LogP contribution in [-0.4, -0.2) is 79.1 Å². The zero-order chi connectivity index (χ0) is 33.0. The lowest BCUT2D eigenvalue weighted by atomic mass is 9.51. The number of piperidine rings is 2. The van der Waals surface area contributed by atoms with E-state index >= 15 is 0 Å². The number of methoxy groups -OCH3 is 1. The van der Waals surface area contributed by atoms with Crippen molar-refractivity contribution in [2.75, 3.05) is 40.0 Å². The minimum atomic E-state index is -1.45. The van der Waals surface area contributed by atoms with Gasteiger partial charge in [0.1, 0.15) is 5.75 Å².